The highest BCUT2D eigenvalue weighted by atomic mass is 16.4. The van der Waals surface area contributed by atoms with E-state index < -0.39 is 12.0 Å². The third-order valence-electron chi connectivity index (χ3n) is 3.23. The van der Waals surface area contributed by atoms with E-state index in [0.29, 0.717) is 10.6 Å². The Hall–Kier alpha value is -3.42. The molecule has 3 aromatic rings. The molecule has 0 radical (unpaired) electrons. The molecule has 0 spiro atoms. The van der Waals surface area contributed by atoms with Crippen LogP contribution >= 0.6 is 0 Å². The molecule has 3 rings (SSSR count). The van der Waals surface area contributed by atoms with E-state index in [2.05, 4.69) is 15.5 Å². The van der Waals surface area contributed by atoms with Gasteiger partial charge in [-0.2, -0.15) is 5.10 Å². The van der Waals surface area contributed by atoms with Gasteiger partial charge in [0.05, 0.1) is 17.4 Å². The fourth-order valence-corrected chi connectivity index (χ4v) is 2.05. The minimum absolute atomic E-state index is 0.344. The third-order valence-corrected chi connectivity index (χ3v) is 3.23. The Bertz CT molecular complexity index is 875. The zero-order valence-electron chi connectivity index (χ0n) is 12.2. The van der Waals surface area contributed by atoms with Crippen LogP contribution in [0.5, 0.6) is 0 Å². The average molecular weight is 311 g/mol. The second-order valence-electron chi connectivity index (χ2n) is 4.84. The number of nitrogens with zero attached hydrogens (tertiary/aromatic N) is 4. The third kappa shape index (κ3) is 2.95. The molecular weight excluding hydrogens is 298 g/mol. The van der Waals surface area contributed by atoms with Crippen molar-refractivity contribution < 1.29 is 14.7 Å². The summed E-state index contributed by atoms with van der Waals surface area (Å²) in [5, 5.41) is 14.6. The quantitative estimate of drug-likeness (QED) is 0.701. The Morgan fingerprint density at radius 1 is 1.30 bits per heavy atom. The molecule has 0 aliphatic heterocycles. The summed E-state index contributed by atoms with van der Waals surface area (Å²) < 4.78 is 1.67. The van der Waals surface area contributed by atoms with Crippen LogP contribution in [0, 0.1) is 0 Å². The molecule has 1 aromatic carbocycles. The molecule has 0 saturated heterocycles. The van der Waals surface area contributed by atoms with Crippen molar-refractivity contribution in [3.05, 3.63) is 54.5 Å². The van der Waals surface area contributed by atoms with Crippen molar-refractivity contribution in [3.63, 3.8) is 0 Å². The van der Waals surface area contributed by atoms with Gasteiger partial charge in [-0.15, -0.1) is 0 Å². The minimum atomic E-state index is -1.25. The van der Waals surface area contributed by atoms with Crippen molar-refractivity contribution in [2.75, 3.05) is 7.05 Å². The van der Waals surface area contributed by atoms with E-state index in [1.807, 2.05) is 12.1 Å². The zero-order chi connectivity index (χ0) is 16.4. The Morgan fingerprint density at radius 2 is 2.13 bits per heavy atom. The van der Waals surface area contributed by atoms with Gasteiger partial charge in [0, 0.05) is 30.4 Å². The lowest BCUT2D eigenvalue weighted by Gasteiger charge is -2.13. The van der Waals surface area contributed by atoms with Crippen LogP contribution in [0.2, 0.25) is 0 Å². The van der Waals surface area contributed by atoms with Crippen molar-refractivity contribution in [2.24, 2.45) is 0 Å². The summed E-state index contributed by atoms with van der Waals surface area (Å²) in [6, 6.07) is 8.63. The molecule has 2 N–H and O–H groups in total. The average Bonchev–Trinajstić information content (AvgIpc) is 2.98. The van der Waals surface area contributed by atoms with Crippen molar-refractivity contribution >= 4 is 22.9 Å². The summed E-state index contributed by atoms with van der Waals surface area (Å²) in [4.78, 5) is 26.8. The van der Waals surface area contributed by atoms with Crippen molar-refractivity contribution in [1.82, 2.24) is 25.2 Å². The van der Waals surface area contributed by atoms with E-state index >= 15 is 0 Å². The minimum Gasteiger partial charge on any atom is -0.464 e. The summed E-state index contributed by atoms with van der Waals surface area (Å²) >= 11 is 0. The van der Waals surface area contributed by atoms with Gasteiger partial charge in [-0.3, -0.25) is 15.2 Å². The maximum Gasteiger partial charge on any atom is 0.425 e. The SMILES string of the molecule is CN(NC(=O)c1ccc2nn(-c3cccnc3)cc2c1)C(=O)O. The van der Waals surface area contributed by atoms with E-state index in [1.54, 1.807) is 41.5 Å². The highest BCUT2D eigenvalue weighted by Crippen LogP contribution is 2.17. The van der Waals surface area contributed by atoms with Crippen LogP contribution in [-0.4, -0.2) is 43.9 Å². The van der Waals surface area contributed by atoms with Gasteiger partial charge in [-0.1, -0.05) is 0 Å². The lowest BCUT2D eigenvalue weighted by Crippen LogP contribution is -2.42. The van der Waals surface area contributed by atoms with Crippen LogP contribution < -0.4 is 5.43 Å². The first-order valence-electron chi connectivity index (χ1n) is 6.72. The number of carboxylic acid groups (broad SMARTS) is 1. The van der Waals surface area contributed by atoms with E-state index in [1.165, 1.54) is 7.05 Å². The monoisotopic (exact) mass is 311 g/mol. The second kappa shape index (κ2) is 5.76. The number of hydrazine groups is 1. The molecule has 116 valence electrons. The number of carbonyl (C=O) groups excluding carboxylic acids is 1. The van der Waals surface area contributed by atoms with E-state index in [4.69, 9.17) is 5.11 Å². The van der Waals surface area contributed by atoms with Gasteiger partial charge in [0.25, 0.3) is 5.91 Å². The molecule has 8 heteroatoms. The lowest BCUT2D eigenvalue weighted by molar-refractivity contribution is 0.0802. The molecule has 2 aromatic heterocycles. The molecule has 23 heavy (non-hydrogen) atoms. The van der Waals surface area contributed by atoms with Gasteiger partial charge >= 0.3 is 6.09 Å². The molecule has 0 atom stereocenters. The van der Waals surface area contributed by atoms with Gasteiger partial charge in [0.2, 0.25) is 0 Å². The number of nitrogens with one attached hydrogen (secondary N) is 1. The van der Waals surface area contributed by atoms with E-state index in [-0.39, 0.29) is 0 Å². The Morgan fingerprint density at radius 3 is 2.83 bits per heavy atom. The molecule has 0 fully saturated rings. The van der Waals surface area contributed by atoms with Gasteiger partial charge in [-0.25, -0.2) is 14.5 Å². The van der Waals surface area contributed by atoms with Gasteiger partial charge in [0.15, 0.2) is 0 Å². The standard InChI is InChI=1S/C15H13N5O3/c1-19(15(22)23)18-14(21)10-4-5-13-11(7-10)9-20(17-13)12-3-2-6-16-8-12/h2-9H,1H3,(H,18,21)(H,22,23). The number of aromatic nitrogens is 3. The molecule has 2 heterocycles. The summed E-state index contributed by atoms with van der Waals surface area (Å²) in [5.41, 5.74) is 4.13. The number of fused-ring (bicyclic) bond motifs is 1. The molecule has 8 nitrogen and oxygen atoms in total. The van der Waals surface area contributed by atoms with E-state index in [0.717, 1.165) is 16.6 Å². The highest BCUT2D eigenvalue weighted by molar-refractivity contribution is 5.98. The molecule has 0 aliphatic carbocycles. The smallest absolute Gasteiger partial charge is 0.425 e. The van der Waals surface area contributed by atoms with Crippen LogP contribution in [0.3, 0.4) is 0 Å². The van der Waals surface area contributed by atoms with Crippen LogP contribution in [0.25, 0.3) is 16.6 Å². The number of pyridine rings is 1. The molecule has 0 aliphatic rings. The van der Waals surface area contributed by atoms with Crippen LogP contribution in [0.4, 0.5) is 4.79 Å². The Kier molecular flexibility index (Phi) is 3.63. The van der Waals surface area contributed by atoms with Gasteiger partial charge < -0.3 is 5.11 Å². The first kappa shape index (κ1) is 14.5. The topological polar surface area (TPSA) is 100 Å². The molecule has 0 saturated carbocycles. The summed E-state index contributed by atoms with van der Waals surface area (Å²) in [5.74, 6) is -0.508. The summed E-state index contributed by atoms with van der Waals surface area (Å²) in [6.07, 6.45) is 3.89. The number of benzene rings is 1. The maximum atomic E-state index is 12.0. The van der Waals surface area contributed by atoms with Gasteiger partial charge in [0.1, 0.15) is 0 Å². The Labute approximate surface area is 130 Å². The predicted molar refractivity (Wildman–Crippen MR) is 82.1 cm³/mol. The predicted octanol–water partition coefficient (Wildman–Crippen LogP) is 1.68. The second-order valence-corrected chi connectivity index (χ2v) is 4.84. The number of carbonyl (C=O) groups is 2. The van der Waals surface area contributed by atoms with Crippen LogP contribution in [0.1, 0.15) is 10.4 Å². The molecule has 0 unspecified atom stereocenters. The molecule has 0 bridgehead atoms. The summed E-state index contributed by atoms with van der Waals surface area (Å²) in [6.45, 7) is 0. The van der Waals surface area contributed by atoms with Gasteiger partial charge in [-0.05, 0) is 30.3 Å². The fraction of sp³-hybridized carbons (Fsp3) is 0.0667. The molecule has 2 amide bonds. The molecular formula is C15H13N5O3. The van der Waals surface area contributed by atoms with Crippen LogP contribution in [-0.2, 0) is 0 Å². The normalized spacial score (nSPS) is 10.5. The maximum absolute atomic E-state index is 12.0. The fourth-order valence-electron chi connectivity index (χ4n) is 2.05. The zero-order valence-corrected chi connectivity index (χ0v) is 12.2. The van der Waals surface area contributed by atoms with Crippen molar-refractivity contribution in [3.8, 4) is 5.69 Å². The summed E-state index contributed by atoms with van der Waals surface area (Å²) in [7, 11) is 1.25. The Balaban J connectivity index is 1.90. The lowest BCUT2D eigenvalue weighted by atomic mass is 10.1. The van der Waals surface area contributed by atoms with Crippen molar-refractivity contribution in [2.45, 2.75) is 0 Å². The first-order chi connectivity index (χ1) is 11.0. The number of amides is 2. The number of rotatable bonds is 2. The van der Waals surface area contributed by atoms with Crippen molar-refractivity contribution in [1.29, 1.82) is 0 Å². The number of hydrogen-bond donors (Lipinski definition) is 2. The van der Waals surface area contributed by atoms with E-state index in [9.17, 15) is 9.59 Å². The largest absolute Gasteiger partial charge is 0.464 e. The number of hydrogen-bond acceptors (Lipinski definition) is 4. The van der Waals surface area contributed by atoms with Crippen LogP contribution in [0.15, 0.2) is 48.9 Å². The highest BCUT2D eigenvalue weighted by Gasteiger charge is 2.13. The first-order valence-corrected chi connectivity index (χ1v) is 6.72.